The summed E-state index contributed by atoms with van der Waals surface area (Å²) in [5, 5.41) is 2.86. The lowest BCUT2D eigenvalue weighted by Gasteiger charge is -2.10. The van der Waals surface area contributed by atoms with E-state index in [4.69, 9.17) is 4.74 Å². The van der Waals surface area contributed by atoms with Gasteiger partial charge in [-0.05, 0) is 39.2 Å². The Labute approximate surface area is 126 Å². The van der Waals surface area contributed by atoms with Crippen LogP contribution in [0.1, 0.15) is 21.6 Å². The van der Waals surface area contributed by atoms with Crippen molar-refractivity contribution in [3.8, 4) is 0 Å². The van der Waals surface area contributed by atoms with Crippen molar-refractivity contribution in [2.75, 3.05) is 7.11 Å². The summed E-state index contributed by atoms with van der Waals surface area (Å²) in [4.78, 5) is 16.1. The van der Waals surface area contributed by atoms with Gasteiger partial charge in [0.2, 0.25) is 0 Å². The molecule has 2 aromatic rings. The zero-order valence-corrected chi connectivity index (χ0v) is 12.7. The molecule has 5 heteroatoms. The third-order valence-electron chi connectivity index (χ3n) is 2.81. The topological polar surface area (TPSA) is 51.2 Å². The zero-order chi connectivity index (χ0) is 14.4. The van der Waals surface area contributed by atoms with Gasteiger partial charge in [0.15, 0.2) is 0 Å². The van der Waals surface area contributed by atoms with E-state index < -0.39 is 0 Å². The molecule has 20 heavy (non-hydrogen) atoms. The average Bonchev–Trinajstić information content (AvgIpc) is 2.46. The predicted molar refractivity (Wildman–Crippen MR) is 80.3 cm³/mol. The van der Waals surface area contributed by atoms with E-state index >= 15 is 0 Å². The largest absolute Gasteiger partial charge is 0.380 e. The molecule has 0 bridgehead atoms. The molecule has 0 unspecified atom stereocenters. The van der Waals surface area contributed by atoms with Crippen LogP contribution in [0.3, 0.4) is 0 Å². The highest BCUT2D eigenvalue weighted by molar-refractivity contribution is 9.10. The van der Waals surface area contributed by atoms with E-state index in [0.29, 0.717) is 23.4 Å². The fourth-order valence-corrected chi connectivity index (χ4v) is 2.17. The van der Waals surface area contributed by atoms with Crippen LogP contribution in [0, 0.1) is 0 Å². The number of amides is 1. The molecule has 0 saturated carbocycles. The summed E-state index contributed by atoms with van der Waals surface area (Å²) >= 11 is 3.25. The number of hydrogen-bond acceptors (Lipinski definition) is 3. The fraction of sp³-hybridized carbons (Fsp3) is 0.200. The minimum absolute atomic E-state index is 0.196. The van der Waals surface area contributed by atoms with Crippen molar-refractivity contribution in [2.45, 2.75) is 13.2 Å². The summed E-state index contributed by atoms with van der Waals surface area (Å²) in [6, 6.07) is 13.1. The highest BCUT2D eigenvalue weighted by Gasteiger charge is 2.08. The van der Waals surface area contributed by atoms with Crippen LogP contribution in [0.5, 0.6) is 0 Å². The number of nitrogens with zero attached hydrogens (tertiary/aromatic N) is 1. The van der Waals surface area contributed by atoms with Crippen LogP contribution >= 0.6 is 15.9 Å². The number of benzene rings is 1. The maximum absolute atomic E-state index is 12.0. The Morgan fingerprint density at radius 2 is 1.95 bits per heavy atom. The molecule has 104 valence electrons. The summed E-state index contributed by atoms with van der Waals surface area (Å²) in [6.07, 6.45) is 0. The summed E-state index contributed by atoms with van der Waals surface area (Å²) in [5.74, 6) is -0.196. The van der Waals surface area contributed by atoms with Crippen LogP contribution in [0.25, 0.3) is 0 Å². The van der Waals surface area contributed by atoms with Crippen molar-refractivity contribution in [2.24, 2.45) is 0 Å². The van der Waals surface area contributed by atoms with Gasteiger partial charge in [0.1, 0.15) is 10.3 Å². The van der Waals surface area contributed by atoms with Gasteiger partial charge in [-0.25, -0.2) is 4.98 Å². The van der Waals surface area contributed by atoms with Crippen LogP contribution in [-0.4, -0.2) is 18.0 Å². The summed E-state index contributed by atoms with van der Waals surface area (Å²) in [6.45, 7) is 0.980. The summed E-state index contributed by atoms with van der Waals surface area (Å²) < 4.78 is 5.79. The Hall–Kier alpha value is -1.72. The van der Waals surface area contributed by atoms with Gasteiger partial charge in [-0.2, -0.15) is 0 Å². The van der Waals surface area contributed by atoms with Crippen LogP contribution in [0.2, 0.25) is 0 Å². The lowest BCUT2D eigenvalue weighted by Crippen LogP contribution is -2.24. The molecule has 0 spiro atoms. The molecule has 0 aliphatic rings. The van der Waals surface area contributed by atoms with E-state index in [1.54, 1.807) is 25.3 Å². The van der Waals surface area contributed by atoms with Crippen molar-refractivity contribution >= 4 is 21.8 Å². The minimum atomic E-state index is -0.196. The van der Waals surface area contributed by atoms with Gasteiger partial charge in [0.25, 0.3) is 5.91 Å². The molecule has 1 amide bonds. The molecule has 1 N–H and O–H groups in total. The highest BCUT2D eigenvalue weighted by Crippen LogP contribution is 2.10. The van der Waals surface area contributed by atoms with Crippen LogP contribution < -0.4 is 5.32 Å². The van der Waals surface area contributed by atoms with E-state index in [-0.39, 0.29) is 5.91 Å². The van der Waals surface area contributed by atoms with Gasteiger partial charge >= 0.3 is 0 Å². The second-order valence-electron chi connectivity index (χ2n) is 4.23. The molecular weight excluding hydrogens is 320 g/mol. The number of carbonyl (C=O) groups is 1. The Morgan fingerprint density at radius 1 is 1.20 bits per heavy atom. The number of rotatable bonds is 5. The number of aromatic nitrogens is 1. The number of pyridine rings is 1. The molecule has 1 heterocycles. The van der Waals surface area contributed by atoms with Crippen LogP contribution in [0.15, 0.2) is 47.1 Å². The van der Waals surface area contributed by atoms with Gasteiger partial charge in [-0.15, -0.1) is 0 Å². The number of halogens is 1. The number of methoxy groups -OCH3 is 1. The number of carbonyl (C=O) groups excluding carboxylic acids is 1. The Kier molecular flexibility index (Phi) is 5.26. The first-order valence-electron chi connectivity index (χ1n) is 6.17. The van der Waals surface area contributed by atoms with Crippen LogP contribution in [-0.2, 0) is 17.9 Å². The van der Waals surface area contributed by atoms with Crippen LogP contribution in [0.4, 0.5) is 0 Å². The van der Waals surface area contributed by atoms with Gasteiger partial charge < -0.3 is 10.1 Å². The van der Waals surface area contributed by atoms with Gasteiger partial charge in [-0.1, -0.05) is 30.3 Å². The first kappa shape index (κ1) is 14.7. The molecular formula is C15H15BrN2O2. The lowest BCUT2D eigenvalue weighted by atomic mass is 10.1. The van der Waals surface area contributed by atoms with E-state index in [0.717, 1.165) is 11.1 Å². The van der Waals surface area contributed by atoms with Gasteiger partial charge in [0.05, 0.1) is 6.61 Å². The quantitative estimate of drug-likeness (QED) is 0.855. The van der Waals surface area contributed by atoms with Gasteiger partial charge in [-0.3, -0.25) is 4.79 Å². The minimum Gasteiger partial charge on any atom is -0.380 e. The van der Waals surface area contributed by atoms with E-state index in [1.807, 2.05) is 24.3 Å². The molecule has 1 aromatic carbocycles. The first-order chi connectivity index (χ1) is 9.70. The first-order valence-corrected chi connectivity index (χ1v) is 6.96. The standard InChI is InChI=1S/C15H15BrN2O2/c1-20-10-12-6-3-2-5-11(12)9-17-15(19)13-7-4-8-14(16)18-13/h2-8H,9-10H2,1H3,(H,17,19). The van der Waals surface area contributed by atoms with E-state index in [9.17, 15) is 4.79 Å². The van der Waals surface area contributed by atoms with Crippen molar-refractivity contribution in [3.05, 3.63) is 63.9 Å². The lowest BCUT2D eigenvalue weighted by molar-refractivity contribution is 0.0945. The molecule has 0 radical (unpaired) electrons. The fourth-order valence-electron chi connectivity index (χ4n) is 1.83. The smallest absolute Gasteiger partial charge is 0.270 e. The molecule has 0 saturated heterocycles. The molecule has 4 nitrogen and oxygen atoms in total. The number of hydrogen-bond donors (Lipinski definition) is 1. The third kappa shape index (κ3) is 3.88. The van der Waals surface area contributed by atoms with Gasteiger partial charge in [0, 0.05) is 13.7 Å². The average molecular weight is 335 g/mol. The van der Waals surface area contributed by atoms with Crippen molar-refractivity contribution in [3.63, 3.8) is 0 Å². The number of nitrogens with one attached hydrogen (secondary N) is 1. The normalized spacial score (nSPS) is 10.3. The van der Waals surface area contributed by atoms with Crippen molar-refractivity contribution in [1.82, 2.24) is 10.3 Å². The second kappa shape index (κ2) is 7.17. The zero-order valence-electron chi connectivity index (χ0n) is 11.1. The summed E-state index contributed by atoms with van der Waals surface area (Å²) in [5.41, 5.74) is 2.50. The molecule has 0 aliphatic heterocycles. The predicted octanol–water partition coefficient (Wildman–Crippen LogP) is 2.92. The van der Waals surface area contributed by atoms with Crippen molar-refractivity contribution < 1.29 is 9.53 Å². The molecule has 0 aliphatic carbocycles. The maximum atomic E-state index is 12.0. The monoisotopic (exact) mass is 334 g/mol. The Balaban J connectivity index is 2.03. The van der Waals surface area contributed by atoms with E-state index in [1.165, 1.54) is 0 Å². The van der Waals surface area contributed by atoms with E-state index in [2.05, 4.69) is 26.2 Å². The molecule has 0 fully saturated rings. The maximum Gasteiger partial charge on any atom is 0.270 e. The number of ether oxygens (including phenoxy) is 1. The Bertz CT molecular complexity index is 602. The SMILES string of the molecule is COCc1ccccc1CNC(=O)c1cccc(Br)n1. The highest BCUT2D eigenvalue weighted by atomic mass is 79.9. The summed E-state index contributed by atoms with van der Waals surface area (Å²) in [7, 11) is 1.65. The third-order valence-corrected chi connectivity index (χ3v) is 3.25. The molecule has 0 atom stereocenters. The molecule has 2 rings (SSSR count). The van der Waals surface area contributed by atoms with Crippen molar-refractivity contribution in [1.29, 1.82) is 0 Å². The molecule has 1 aromatic heterocycles. The second-order valence-corrected chi connectivity index (χ2v) is 5.04. The Morgan fingerprint density at radius 3 is 2.65 bits per heavy atom.